The molecule has 3 rings (SSSR count). The van der Waals surface area contributed by atoms with Gasteiger partial charge in [-0.1, -0.05) is 26.0 Å². The van der Waals surface area contributed by atoms with E-state index in [0.29, 0.717) is 24.6 Å². The van der Waals surface area contributed by atoms with Crippen LogP contribution in [0.15, 0.2) is 24.3 Å². The number of carbonyl (C=O) groups is 1. The lowest BCUT2D eigenvalue weighted by Crippen LogP contribution is -2.41. The van der Waals surface area contributed by atoms with Crippen molar-refractivity contribution < 1.29 is 4.79 Å². The third kappa shape index (κ3) is 3.94. The molecule has 7 heteroatoms. The first-order chi connectivity index (χ1) is 11.1. The van der Waals surface area contributed by atoms with Crippen molar-refractivity contribution in [1.82, 2.24) is 20.1 Å². The summed E-state index contributed by atoms with van der Waals surface area (Å²) in [6.45, 7) is 5.34. The fraction of sp³-hybridized carbons (Fsp3) is 0.471. The first kappa shape index (κ1) is 18.4. The highest BCUT2D eigenvalue weighted by molar-refractivity contribution is 5.94. The summed E-state index contributed by atoms with van der Waals surface area (Å²) in [5.74, 6) is 2.17. The molecule has 3 N–H and O–H groups in total. The second-order valence-electron chi connectivity index (χ2n) is 6.33. The van der Waals surface area contributed by atoms with E-state index in [2.05, 4.69) is 29.2 Å². The fourth-order valence-corrected chi connectivity index (χ4v) is 2.75. The molecule has 6 nitrogen and oxygen atoms in total. The maximum atomic E-state index is 12.4. The second kappa shape index (κ2) is 7.77. The molecule has 0 saturated carbocycles. The molecule has 1 aromatic carbocycles. The van der Waals surface area contributed by atoms with E-state index in [1.165, 1.54) is 0 Å². The second-order valence-corrected chi connectivity index (χ2v) is 6.33. The van der Waals surface area contributed by atoms with Crippen molar-refractivity contribution in [3.8, 4) is 0 Å². The van der Waals surface area contributed by atoms with Crippen molar-refractivity contribution in [2.45, 2.75) is 51.7 Å². The fourth-order valence-electron chi connectivity index (χ4n) is 2.75. The van der Waals surface area contributed by atoms with Crippen LogP contribution in [0.25, 0.3) is 0 Å². The maximum Gasteiger partial charge on any atom is 0.251 e. The van der Waals surface area contributed by atoms with Crippen LogP contribution in [0.5, 0.6) is 0 Å². The van der Waals surface area contributed by atoms with Gasteiger partial charge in [0, 0.05) is 30.5 Å². The van der Waals surface area contributed by atoms with Crippen molar-refractivity contribution in [2.75, 3.05) is 0 Å². The Hall–Kier alpha value is -1.92. The van der Waals surface area contributed by atoms with Crippen molar-refractivity contribution in [1.29, 1.82) is 0 Å². The molecule has 1 aliphatic rings. The first-order valence-electron chi connectivity index (χ1n) is 8.10. The number of carbonyl (C=O) groups excluding carboxylic acids is 1. The summed E-state index contributed by atoms with van der Waals surface area (Å²) >= 11 is 0. The Labute approximate surface area is 148 Å². The molecule has 2 aromatic rings. The van der Waals surface area contributed by atoms with Gasteiger partial charge in [0.15, 0.2) is 5.82 Å². The summed E-state index contributed by atoms with van der Waals surface area (Å²) in [4.78, 5) is 16.9. The number of rotatable bonds is 4. The van der Waals surface area contributed by atoms with Gasteiger partial charge in [-0.25, -0.2) is 9.67 Å². The summed E-state index contributed by atoms with van der Waals surface area (Å²) in [7, 11) is 0. The van der Waals surface area contributed by atoms with Crippen LogP contribution >= 0.6 is 12.4 Å². The zero-order valence-electron chi connectivity index (χ0n) is 14.0. The standard InChI is InChI=1S/C17H23N5O.ClH/c1-11(2)16-20-15-8-7-14(10-22(15)21-16)19-17(23)13-5-3-12(9-18)4-6-13;/h3-6,11,14H,7-10,18H2,1-2H3,(H,19,23);1H. The first-order valence-corrected chi connectivity index (χ1v) is 8.10. The van der Waals surface area contributed by atoms with Gasteiger partial charge in [-0.15, -0.1) is 12.4 Å². The molecular weight excluding hydrogens is 326 g/mol. The Morgan fingerprint density at radius 1 is 1.38 bits per heavy atom. The van der Waals surface area contributed by atoms with Gasteiger partial charge in [0.1, 0.15) is 5.82 Å². The number of nitrogens with zero attached hydrogens (tertiary/aromatic N) is 3. The summed E-state index contributed by atoms with van der Waals surface area (Å²) in [6.07, 6.45) is 1.74. The van der Waals surface area contributed by atoms with E-state index < -0.39 is 0 Å². The molecular formula is C17H24ClN5O. The number of nitrogens with one attached hydrogen (secondary N) is 1. The number of aryl methyl sites for hydroxylation is 1. The third-order valence-electron chi connectivity index (χ3n) is 4.18. The van der Waals surface area contributed by atoms with Gasteiger partial charge in [-0.05, 0) is 24.1 Å². The number of nitrogens with two attached hydrogens (primary N) is 1. The normalized spacial score (nSPS) is 16.4. The van der Waals surface area contributed by atoms with Crippen molar-refractivity contribution in [2.24, 2.45) is 5.73 Å². The molecule has 1 aliphatic heterocycles. The average Bonchev–Trinajstić information content (AvgIpc) is 2.98. The minimum absolute atomic E-state index is 0. The lowest BCUT2D eigenvalue weighted by molar-refractivity contribution is 0.0926. The molecule has 0 aliphatic carbocycles. The SMILES string of the molecule is CC(C)c1nc2n(n1)CC(NC(=O)c1ccc(CN)cc1)CC2.Cl. The van der Waals surface area contributed by atoms with Crippen molar-refractivity contribution >= 4 is 18.3 Å². The lowest BCUT2D eigenvalue weighted by Gasteiger charge is -2.23. The summed E-state index contributed by atoms with van der Waals surface area (Å²) in [6, 6.07) is 7.50. The largest absolute Gasteiger partial charge is 0.347 e. The Balaban J connectivity index is 0.00000208. The van der Waals surface area contributed by atoms with Crippen LogP contribution in [0.4, 0.5) is 0 Å². The Bertz CT molecular complexity index is 696. The van der Waals surface area contributed by atoms with E-state index in [9.17, 15) is 4.79 Å². The number of hydrogen-bond donors (Lipinski definition) is 2. The van der Waals surface area contributed by atoms with E-state index in [1.807, 2.05) is 28.9 Å². The molecule has 0 fully saturated rings. The van der Waals surface area contributed by atoms with Crippen molar-refractivity contribution in [3.05, 3.63) is 47.0 Å². The predicted molar refractivity (Wildman–Crippen MR) is 95.3 cm³/mol. The van der Waals surface area contributed by atoms with Crippen LogP contribution in [0.1, 0.15) is 53.8 Å². The summed E-state index contributed by atoms with van der Waals surface area (Å²) in [5.41, 5.74) is 7.26. The van der Waals surface area contributed by atoms with Crippen LogP contribution in [0, 0.1) is 0 Å². The number of fused-ring (bicyclic) bond motifs is 1. The molecule has 1 atom stereocenters. The highest BCUT2D eigenvalue weighted by atomic mass is 35.5. The van der Waals surface area contributed by atoms with E-state index in [-0.39, 0.29) is 24.4 Å². The molecule has 0 radical (unpaired) electrons. The quantitative estimate of drug-likeness (QED) is 0.884. The number of hydrogen-bond acceptors (Lipinski definition) is 4. The van der Waals surface area contributed by atoms with Gasteiger partial charge in [0.25, 0.3) is 5.91 Å². The van der Waals surface area contributed by atoms with E-state index in [0.717, 1.165) is 30.1 Å². The van der Waals surface area contributed by atoms with E-state index >= 15 is 0 Å². The zero-order chi connectivity index (χ0) is 16.4. The van der Waals surface area contributed by atoms with E-state index in [4.69, 9.17) is 5.73 Å². The smallest absolute Gasteiger partial charge is 0.251 e. The number of aromatic nitrogens is 3. The molecule has 1 amide bonds. The van der Waals surface area contributed by atoms with Crippen LogP contribution in [0.2, 0.25) is 0 Å². The summed E-state index contributed by atoms with van der Waals surface area (Å²) < 4.78 is 1.93. The van der Waals surface area contributed by atoms with Crippen LogP contribution in [0.3, 0.4) is 0 Å². The molecule has 1 aromatic heterocycles. The van der Waals surface area contributed by atoms with Crippen LogP contribution < -0.4 is 11.1 Å². The monoisotopic (exact) mass is 349 g/mol. The van der Waals surface area contributed by atoms with Gasteiger partial charge in [0.2, 0.25) is 0 Å². The zero-order valence-corrected chi connectivity index (χ0v) is 14.8. The Morgan fingerprint density at radius 2 is 2.08 bits per heavy atom. The topological polar surface area (TPSA) is 85.8 Å². The molecule has 2 heterocycles. The molecule has 0 saturated heterocycles. The van der Waals surface area contributed by atoms with Crippen molar-refractivity contribution in [3.63, 3.8) is 0 Å². The van der Waals surface area contributed by atoms with Gasteiger partial charge >= 0.3 is 0 Å². The molecule has 1 unspecified atom stereocenters. The molecule has 130 valence electrons. The maximum absolute atomic E-state index is 12.4. The van der Waals surface area contributed by atoms with Gasteiger partial charge < -0.3 is 11.1 Å². The highest BCUT2D eigenvalue weighted by Gasteiger charge is 2.23. The molecule has 0 spiro atoms. The average molecular weight is 350 g/mol. The third-order valence-corrected chi connectivity index (χ3v) is 4.18. The number of halogens is 1. The molecule has 0 bridgehead atoms. The molecule has 24 heavy (non-hydrogen) atoms. The minimum atomic E-state index is -0.0498. The number of amides is 1. The predicted octanol–water partition coefficient (Wildman–Crippen LogP) is 2.03. The van der Waals surface area contributed by atoms with Gasteiger partial charge in [-0.3, -0.25) is 4.79 Å². The minimum Gasteiger partial charge on any atom is -0.347 e. The Kier molecular flexibility index (Phi) is 5.96. The van der Waals surface area contributed by atoms with Crippen LogP contribution in [-0.2, 0) is 19.5 Å². The lowest BCUT2D eigenvalue weighted by atomic mass is 10.1. The van der Waals surface area contributed by atoms with Gasteiger partial charge in [0.05, 0.1) is 6.54 Å². The van der Waals surface area contributed by atoms with Gasteiger partial charge in [-0.2, -0.15) is 5.10 Å². The Morgan fingerprint density at radius 3 is 2.71 bits per heavy atom. The highest BCUT2D eigenvalue weighted by Crippen LogP contribution is 2.17. The number of benzene rings is 1. The summed E-state index contributed by atoms with van der Waals surface area (Å²) in [5, 5.41) is 7.64. The van der Waals surface area contributed by atoms with Crippen LogP contribution in [-0.4, -0.2) is 26.7 Å². The van der Waals surface area contributed by atoms with E-state index in [1.54, 1.807) is 0 Å².